The minimum absolute atomic E-state index is 0.00590. The third-order valence-electron chi connectivity index (χ3n) is 3.02. The Labute approximate surface area is 101 Å². The first-order valence-corrected chi connectivity index (χ1v) is 5.79. The highest BCUT2D eigenvalue weighted by molar-refractivity contribution is 5.32. The molecule has 0 fully saturated rings. The highest BCUT2D eigenvalue weighted by Gasteiger charge is 2.29. The summed E-state index contributed by atoms with van der Waals surface area (Å²) in [5.74, 6) is -0.181. The van der Waals surface area contributed by atoms with E-state index >= 15 is 0 Å². The largest absolute Gasteiger partial charge is 0.197 e. The highest BCUT2D eigenvalue weighted by atomic mass is 14.4. The van der Waals surface area contributed by atoms with Crippen molar-refractivity contribution in [2.45, 2.75) is 48.5 Å². The zero-order valence-corrected chi connectivity index (χ0v) is 11.8. The van der Waals surface area contributed by atoms with Crippen LogP contribution in [0, 0.1) is 28.1 Å². The van der Waals surface area contributed by atoms with Gasteiger partial charge < -0.3 is 0 Å². The minimum atomic E-state index is -0.181. The van der Waals surface area contributed by atoms with Crippen molar-refractivity contribution in [3.63, 3.8) is 0 Å². The number of hydrogen-bond acceptors (Lipinski definition) is 1. The van der Waals surface area contributed by atoms with Crippen LogP contribution in [0.2, 0.25) is 0 Å². The van der Waals surface area contributed by atoms with E-state index in [9.17, 15) is 5.26 Å². The minimum Gasteiger partial charge on any atom is -0.197 e. The van der Waals surface area contributed by atoms with E-state index in [1.807, 2.05) is 0 Å². The van der Waals surface area contributed by atoms with Crippen LogP contribution in [0.4, 0.5) is 0 Å². The first-order valence-electron chi connectivity index (χ1n) is 5.79. The lowest BCUT2D eigenvalue weighted by molar-refractivity contribution is 0.424. The summed E-state index contributed by atoms with van der Waals surface area (Å²) in [6.45, 7) is 18.9. The quantitative estimate of drug-likeness (QED) is 0.616. The maximum absolute atomic E-state index is 9.22. The Bertz CT molecular complexity index is 326. The van der Waals surface area contributed by atoms with Crippen LogP contribution in [-0.2, 0) is 0 Å². The molecule has 1 nitrogen and oxygen atoms in total. The highest BCUT2D eigenvalue weighted by Crippen LogP contribution is 2.40. The van der Waals surface area contributed by atoms with Crippen LogP contribution in [-0.4, -0.2) is 0 Å². The maximum atomic E-state index is 9.22. The monoisotopic (exact) mass is 219 g/mol. The van der Waals surface area contributed by atoms with Crippen molar-refractivity contribution >= 4 is 0 Å². The molecule has 0 saturated carbocycles. The van der Waals surface area contributed by atoms with Gasteiger partial charge in [0.05, 0.1) is 12.0 Å². The van der Waals surface area contributed by atoms with Gasteiger partial charge in [-0.25, -0.2) is 0 Å². The van der Waals surface area contributed by atoms with Crippen LogP contribution in [0.1, 0.15) is 48.5 Å². The van der Waals surface area contributed by atoms with E-state index in [1.165, 1.54) is 11.1 Å². The van der Waals surface area contributed by atoms with Gasteiger partial charge >= 0.3 is 0 Å². The molecule has 0 aromatic heterocycles. The fourth-order valence-corrected chi connectivity index (χ4v) is 1.90. The molecule has 0 bridgehead atoms. The fraction of sp³-hybridized carbons (Fsp3) is 0.667. The van der Waals surface area contributed by atoms with Crippen LogP contribution in [0.25, 0.3) is 0 Å². The molecule has 0 aliphatic heterocycles. The van der Waals surface area contributed by atoms with Gasteiger partial charge in [-0.3, -0.25) is 0 Å². The first kappa shape index (κ1) is 15.0. The van der Waals surface area contributed by atoms with E-state index in [0.717, 1.165) is 0 Å². The maximum Gasteiger partial charge on any atom is 0.0858 e. The van der Waals surface area contributed by atoms with Gasteiger partial charge in [0.15, 0.2) is 0 Å². The third-order valence-corrected chi connectivity index (χ3v) is 3.02. The van der Waals surface area contributed by atoms with Gasteiger partial charge in [-0.1, -0.05) is 53.2 Å². The lowest BCUT2D eigenvalue weighted by Gasteiger charge is -2.33. The lowest BCUT2D eigenvalue weighted by Crippen LogP contribution is -2.22. The Morgan fingerprint density at radius 3 is 1.75 bits per heavy atom. The fourth-order valence-electron chi connectivity index (χ4n) is 1.90. The molecule has 0 aromatic rings. The van der Waals surface area contributed by atoms with Crippen molar-refractivity contribution in [2.24, 2.45) is 16.7 Å². The number of nitrogens with zero attached hydrogens (tertiary/aromatic N) is 1. The predicted octanol–water partition coefficient (Wildman–Crippen LogP) is 4.72. The Morgan fingerprint density at radius 2 is 1.56 bits per heavy atom. The summed E-state index contributed by atoms with van der Waals surface area (Å²) in [4.78, 5) is 0. The molecule has 0 heterocycles. The average molecular weight is 219 g/mol. The van der Waals surface area contributed by atoms with Crippen LogP contribution in [0.15, 0.2) is 23.8 Å². The molecule has 0 aliphatic carbocycles. The molecule has 0 saturated heterocycles. The van der Waals surface area contributed by atoms with Gasteiger partial charge in [0.1, 0.15) is 0 Å². The molecular formula is C15H25N. The molecule has 0 N–H and O–H groups in total. The summed E-state index contributed by atoms with van der Waals surface area (Å²) in [6.07, 6.45) is 1.75. The second-order valence-corrected chi connectivity index (χ2v) is 6.38. The molecule has 0 amide bonds. The van der Waals surface area contributed by atoms with Gasteiger partial charge in [0, 0.05) is 0 Å². The standard InChI is InChI=1S/C15H25N/c1-9-12(10-16)13(15(6,7)8)11(2)14(3,4)5/h9,12H,1H2,2-8H3/b13-11-. The van der Waals surface area contributed by atoms with E-state index in [2.05, 4.69) is 61.1 Å². The molecular weight excluding hydrogens is 194 g/mol. The molecule has 0 aromatic carbocycles. The Hall–Kier alpha value is -1.03. The second-order valence-electron chi connectivity index (χ2n) is 6.38. The van der Waals surface area contributed by atoms with E-state index in [-0.39, 0.29) is 16.7 Å². The number of hydrogen-bond donors (Lipinski definition) is 0. The third kappa shape index (κ3) is 3.52. The molecule has 1 unspecified atom stereocenters. The van der Waals surface area contributed by atoms with Crippen LogP contribution in [0.5, 0.6) is 0 Å². The molecule has 0 radical (unpaired) electrons. The van der Waals surface area contributed by atoms with Crippen LogP contribution >= 0.6 is 0 Å². The number of allylic oxidation sites excluding steroid dienone is 3. The van der Waals surface area contributed by atoms with Crippen molar-refractivity contribution in [3.8, 4) is 6.07 Å². The molecule has 90 valence electrons. The van der Waals surface area contributed by atoms with E-state index in [1.54, 1.807) is 6.08 Å². The summed E-state index contributed by atoms with van der Waals surface area (Å²) >= 11 is 0. The Balaban J connectivity index is 5.81. The van der Waals surface area contributed by atoms with Gasteiger partial charge in [-0.2, -0.15) is 5.26 Å². The summed E-state index contributed by atoms with van der Waals surface area (Å²) < 4.78 is 0. The molecule has 1 heteroatoms. The zero-order chi connectivity index (χ0) is 13.1. The van der Waals surface area contributed by atoms with Gasteiger partial charge in [-0.15, -0.1) is 6.58 Å². The number of rotatable bonds is 2. The van der Waals surface area contributed by atoms with E-state index in [0.29, 0.717) is 0 Å². The van der Waals surface area contributed by atoms with E-state index in [4.69, 9.17) is 0 Å². The van der Waals surface area contributed by atoms with Crippen molar-refractivity contribution in [2.75, 3.05) is 0 Å². The summed E-state index contributed by atoms with van der Waals surface area (Å²) in [5.41, 5.74) is 2.61. The van der Waals surface area contributed by atoms with Crippen molar-refractivity contribution < 1.29 is 0 Å². The van der Waals surface area contributed by atoms with Gasteiger partial charge in [-0.05, 0) is 23.3 Å². The average Bonchev–Trinajstić information content (AvgIpc) is 2.09. The predicted molar refractivity (Wildman–Crippen MR) is 70.9 cm³/mol. The van der Waals surface area contributed by atoms with Crippen molar-refractivity contribution in [1.82, 2.24) is 0 Å². The SMILES string of the molecule is C=CC(C#N)/C(=C(\C)C(C)(C)C)C(C)(C)C. The molecule has 0 rings (SSSR count). The van der Waals surface area contributed by atoms with Gasteiger partial charge in [0.2, 0.25) is 0 Å². The Morgan fingerprint density at radius 1 is 1.12 bits per heavy atom. The lowest BCUT2D eigenvalue weighted by atomic mass is 9.71. The summed E-state index contributed by atoms with van der Waals surface area (Å²) in [5, 5.41) is 9.22. The zero-order valence-electron chi connectivity index (χ0n) is 11.8. The normalized spacial score (nSPS) is 16.1. The molecule has 0 aliphatic rings. The first-order chi connectivity index (χ1) is 7.05. The smallest absolute Gasteiger partial charge is 0.0858 e. The molecule has 16 heavy (non-hydrogen) atoms. The van der Waals surface area contributed by atoms with E-state index < -0.39 is 0 Å². The summed E-state index contributed by atoms with van der Waals surface area (Å²) in [6, 6.07) is 2.34. The summed E-state index contributed by atoms with van der Waals surface area (Å²) in [7, 11) is 0. The van der Waals surface area contributed by atoms with Crippen LogP contribution < -0.4 is 0 Å². The van der Waals surface area contributed by atoms with Crippen LogP contribution in [0.3, 0.4) is 0 Å². The Kier molecular flexibility index (Phi) is 4.56. The molecule has 0 spiro atoms. The second kappa shape index (κ2) is 4.87. The van der Waals surface area contributed by atoms with Crippen molar-refractivity contribution in [3.05, 3.63) is 23.8 Å². The number of nitriles is 1. The topological polar surface area (TPSA) is 23.8 Å². The van der Waals surface area contributed by atoms with Crippen molar-refractivity contribution in [1.29, 1.82) is 5.26 Å². The van der Waals surface area contributed by atoms with Gasteiger partial charge in [0.25, 0.3) is 0 Å². The molecule has 1 atom stereocenters.